The van der Waals surface area contributed by atoms with E-state index in [4.69, 9.17) is 0 Å². The first kappa shape index (κ1) is 8.78. The van der Waals surface area contributed by atoms with Crippen LogP contribution in [0.4, 0.5) is 0 Å². The molecule has 0 radical (unpaired) electrons. The van der Waals surface area contributed by atoms with Crippen LogP contribution in [0.3, 0.4) is 0 Å². The molecule has 2 spiro atoms. The summed E-state index contributed by atoms with van der Waals surface area (Å²) in [4.78, 5) is 12.3. The Kier molecular flexibility index (Phi) is 1.20. The van der Waals surface area contributed by atoms with Gasteiger partial charge in [-0.3, -0.25) is 4.79 Å². The molecule has 3 bridgehead atoms. The van der Waals surface area contributed by atoms with Crippen molar-refractivity contribution in [1.29, 1.82) is 0 Å². The van der Waals surface area contributed by atoms with E-state index in [0.717, 1.165) is 18.3 Å². The number of hydrogen-bond acceptors (Lipinski definition) is 1. The van der Waals surface area contributed by atoms with Gasteiger partial charge >= 0.3 is 0 Å². The van der Waals surface area contributed by atoms with Crippen molar-refractivity contribution in [3.8, 4) is 0 Å². The van der Waals surface area contributed by atoms with E-state index in [-0.39, 0.29) is 5.41 Å². The minimum Gasteiger partial charge on any atom is -0.299 e. The zero-order valence-electron chi connectivity index (χ0n) is 9.81. The summed E-state index contributed by atoms with van der Waals surface area (Å²) in [6, 6.07) is 0. The van der Waals surface area contributed by atoms with Gasteiger partial charge < -0.3 is 0 Å². The monoisotopic (exact) mass is 204 g/mol. The average molecular weight is 204 g/mol. The quantitative estimate of drug-likeness (QED) is 0.592. The lowest BCUT2D eigenvalue weighted by atomic mass is 9.42. The highest BCUT2D eigenvalue weighted by molar-refractivity contribution is 5.90. The molecule has 5 rings (SSSR count). The number of rotatable bonds is 0. The van der Waals surface area contributed by atoms with Crippen LogP contribution in [-0.2, 0) is 4.79 Å². The van der Waals surface area contributed by atoms with Crippen molar-refractivity contribution in [3.05, 3.63) is 0 Å². The summed E-state index contributed by atoms with van der Waals surface area (Å²) in [6.07, 6.45) is 7.45. The number of ketones is 1. The minimum absolute atomic E-state index is 0.194. The number of carbonyl (C=O) groups excluding carboxylic acids is 1. The van der Waals surface area contributed by atoms with Gasteiger partial charge in [0.1, 0.15) is 5.78 Å². The van der Waals surface area contributed by atoms with Gasteiger partial charge in [-0.25, -0.2) is 0 Å². The molecule has 0 aromatic heterocycles. The Morgan fingerprint density at radius 2 is 2.00 bits per heavy atom. The van der Waals surface area contributed by atoms with Crippen molar-refractivity contribution in [2.75, 3.05) is 0 Å². The lowest BCUT2D eigenvalue weighted by Gasteiger charge is -2.60. The summed E-state index contributed by atoms with van der Waals surface area (Å²) < 4.78 is 0. The molecule has 15 heavy (non-hydrogen) atoms. The molecule has 4 atom stereocenters. The van der Waals surface area contributed by atoms with Gasteiger partial charge in [0.2, 0.25) is 0 Å². The molecule has 0 aromatic carbocycles. The molecule has 1 nitrogen and oxygen atoms in total. The summed E-state index contributed by atoms with van der Waals surface area (Å²) in [7, 11) is 0. The van der Waals surface area contributed by atoms with Crippen LogP contribution in [0.1, 0.15) is 52.4 Å². The maximum absolute atomic E-state index is 12.3. The van der Waals surface area contributed by atoms with E-state index in [2.05, 4.69) is 13.8 Å². The van der Waals surface area contributed by atoms with Gasteiger partial charge in [-0.05, 0) is 54.8 Å². The SMILES string of the molecule is CC1(C)C2CCC13CC2C31CCCC1=O. The lowest BCUT2D eigenvalue weighted by molar-refractivity contribution is -0.166. The van der Waals surface area contributed by atoms with Gasteiger partial charge in [0.15, 0.2) is 0 Å². The van der Waals surface area contributed by atoms with Crippen LogP contribution < -0.4 is 0 Å². The van der Waals surface area contributed by atoms with Crippen molar-refractivity contribution in [2.24, 2.45) is 28.1 Å². The fourth-order valence-electron chi connectivity index (χ4n) is 6.54. The summed E-state index contributed by atoms with van der Waals surface area (Å²) >= 11 is 0. The highest BCUT2D eigenvalue weighted by Gasteiger charge is 2.85. The highest BCUT2D eigenvalue weighted by Crippen LogP contribution is 2.88. The van der Waals surface area contributed by atoms with E-state index < -0.39 is 0 Å². The molecular formula is C14H20O. The van der Waals surface area contributed by atoms with Gasteiger partial charge in [0.25, 0.3) is 0 Å². The van der Waals surface area contributed by atoms with E-state index in [1.165, 1.54) is 32.1 Å². The molecule has 1 heteroatoms. The third kappa shape index (κ3) is 0.560. The Morgan fingerprint density at radius 3 is 2.40 bits per heavy atom. The molecular weight excluding hydrogens is 184 g/mol. The van der Waals surface area contributed by atoms with Crippen LogP contribution in [-0.4, -0.2) is 5.78 Å². The van der Waals surface area contributed by atoms with Crippen LogP contribution >= 0.6 is 0 Å². The summed E-state index contributed by atoms with van der Waals surface area (Å²) in [5, 5.41) is 0. The zero-order chi connectivity index (χ0) is 10.5. The molecule has 5 aliphatic rings. The first-order chi connectivity index (χ1) is 7.06. The van der Waals surface area contributed by atoms with Crippen LogP contribution in [0.5, 0.6) is 0 Å². The molecule has 5 aliphatic carbocycles. The van der Waals surface area contributed by atoms with Crippen molar-refractivity contribution < 1.29 is 4.79 Å². The van der Waals surface area contributed by atoms with E-state index in [0.29, 0.717) is 16.6 Å². The molecule has 82 valence electrons. The Balaban J connectivity index is 1.92. The number of hydrogen-bond donors (Lipinski definition) is 0. The molecule has 0 aromatic rings. The Morgan fingerprint density at radius 1 is 1.20 bits per heavy atom. The molecule has 0 saturated heterocycles. The second-order valence-electron chi connectivity index (χ2n) is 7.01. The molecule has 0 amide bonds. The van der Waals surface area contributed by atoms with Gasteiger partial charge in [-0.15, -0.1) is 0 Å². The van der Waals surface area contributed by atoms with E-state index >= 15 is 0 Å². The van der Waals surface area contributed by atoms with E-state index in [1.54, 1.807) is 0 Å². The molecule has 0 heterocycles. The highest BCUT2D eigenvalue weighted by atomic mass is 16.1. The topological polar surface area (TPSA) is 17.1 Å². The van der Waals surface area contributed by atoms with E-state index in [1.807, 2.05) is 0 Å². The van der Waals surface area contributed by atoms with E-state index in [9.17, 15) is 4.79 Å². The largest absolute Gasteiger partial charge is 0.299 e. The van der Waals surface area contributed by atoms with Crippen LogP contribution in [0, 0.1) is 28.1 Å². The third-order valence-electron chi connectivity index (χ3n) is 7.06. The van der Waals surface area contributed by atoms with Crippen LogP contribution in [0.15, 0.2) is 0 Å². The normalized spacial score (nSPS) is 58.9. The molecule has 5 saturated carbocycles. The number of carbonyl (C=O) groups is 1. The maximum atomic E-state index is 12.3. The third-order valence-corrected chi connectivity index (χ3v) is 7.06. The average Bonchev–Trinajstić information content (AvgIpc) is 2.80. The summed E-state index contributed by atoms with van der Waals surface area (Å²) in [5.74, 6) is 2.31. The van der Waals surface area contributed by atoms with Gasteiger partial charge in [-0.2, -0.15) is 0 Å². The van der Waals surface area contributed by atoms with Crippen molar-refractivity contribution in [2.45, 2.75) is 52.4 Å². The predicted molar refractivity (Wildman–Crippen MR) is 58.3 cm³/mol. The zero-order valence-corrected chi connectivity index (χ0v) is 9.81. The Labute approximate surface area is 91.6 Å². The predicted octanol–water partition coefficient (Wildman–Crippen LogP) is 3.18. The Hall–Kier alpha value is -0.330. The van der Waals surface area contributed by atoms with Gasteiger partial charge in [0, 0.05) is 11.8 Å². The number of Topliss-reactive ketones (excluding diaryl/α,β-unsaturated/α-hetero) is 1. The second kappa shape index (κ2) is 2.06. The first-order valence-corrected chi connectivity index (χ1v) is 6.60. The summed E-state index contributed by atoms with van der Waals surface area (Å²) in [6.45, 7) is 4.90. The molecule has 0 N–H and O–H groups in total. The van der Waals surface area contributed by atoms with Crippen molar-refractivity contribution >= 4 is 5.78 Å². The fourth-order valence-corrected chi connectivity index (χ4v) is 6.54. The fraction of sp³-hybridized carbons (Fsp3) is 0.929. The second-order valence-corrected chi connectivity index (χ2v) is 7.01. The van der Waals surface area contributed by atoms with Gasteiger partial charge in [0.05, 0.1) is 0 Å². The first-order valence-electron chi connectivity index (χ1n) is 6.60. The van der Waals surface area contributed by atoms with Crippen LogP contribution in [0.25, 0.3) is 0 Å². The van der Waals surface area contributed by atoms with Gasteiger partial charge in [-0.1, -0.05) is 13.8 Å². The minimum atomic E-state index is 0.194. The van der Waals surface area contributed by atoms with Crippen LogP contribution in [0.2, 0.25) is 0 Å². The maximum Gasteiger partial charge on any atom is 0.139 e. The lowest BCUT2D eigenvalue weighted by Crippen LogP contribution is -2.59. The Bertz CT molecular complexity index is 366. The van der Waals surface area contributed by atoms with Crippen molar-refractivity contribution in [3.63, 3.8) is 0 Å². The molecule has 5 fully saturated rings. The summed E-state index contributed by atoms with van der Waals surface area (Å²) in [5.41, 5.74) is 1.11. The smallest absolute Gasteiger partial charge is 0.139 e. The molecule has 0 aliphatic heterocycles. The molecule has 4 unspecified atom stereocenters. The standard InChI is InChI=1S/C14H20O/c1-12(2)9-5-7-13(12)8-10(9)14(13)6-3-4-11(14)15/h9-10H,3-8H2,1-2H3. The van der Waals surface area contributed by atoms with Crippen molar-refractivity contribution in [1.82, 2.24) is 0 Å².